The van der Waals surface area contributed by atoms with Crippen LogP contribution in [0, 0.1) is 11.3 Å². The molecule has 0 amide bonds. The number of aliphatic hydroxyl groups excluding tert-OH is 1. The van der Waals surface area contributed by atoms with Crippen LogP contribution in [0.1, 0.15) is 45.8 Å². The van der Waals surface area contributed by atoms with Gasteiger partial charge in [0.2, 0.25) is 0 Å². The van der Waals surface area contributed by atoms with Gasteiger partial charge in [-0.15, -0.1) is 10.2 Å². The number of aromatic nitrogens is 3. The number of benzene rings is 1. The molecule has 1 aromatic heterocycles. The van der Waals surface area contributed by atoms with Gasteiger partial charge in [0, 0.05) is 12.1 Å². The lowest BCUT2D eigenvalue weighted by Crippen LogP contribution is -2.15. The molecule has 0 fully saturated rings. The van der Waals surface area contributed by atoms with E-state index in [0.717, 1.165) is 24.4 Å². The molecular formula is C17H25N3O. The molecule has 1 aromatic carbocycles. The van der Waals surface area contributed by atoms with Gasteiger partial charge in [0.15, 0.2) is 5.82 Å². The van der Waals surface area contributed by atoms with Gasteiger partial charge in [-0.1, -0.05) is 45.9 Å². The molecule has 0 aliphatic heterocycles. The molecule has 0 bridgehead atoms. The lowest BCUT2D eigenvalue weighted by Gasteiger charge is -2.23. The molecule has 0 aliphatic rings. The van der Waals surface area contributed by atoms with Gasteiger partial charge in [-0.2, -0.15) is 0 Å². The highest BCUT2D eigenvalue weighted by Gasteiger charge is 2.19. The third-order valence-electron chi connectivity index (χ3n) is 3.44. The number of aliphatic hydroxyl groups is 1. The molecular weight excluding hydrogens is 262 g/mol. The van der Waals surface area contributed by atoms with Gasteiger partial charge in [0.1, 0.15) is 12.4 Å². The molecule has 4 nitrogen and oxygen atoms in total. The summed E-state index contributed by atoms with van der Waals surface area (Å²) < 4.78 is 1.97. The zero-order chi connectivity index (χ0) is 15.5. The molecule has 21 heavy (non-hydrogen) atoms. The maximum atomic E-state index is 9.49. The fraction of sp³-hybridized carbons (Fsp3) is 0.529. The topological polar surface area (TPSA) is 50.9 Å². The number of para-hydroxylation sites is 1. The van der Waals surface area contributed by atoms with Crippen molar-refractivity contribution in [2.75, 3.05) is 0 Å². The standard InChI is InChI=1S/C17H25N3O/c1-13(11-17(2,3)4)10-15-18-19-16(12-21)20(15)14-8-6-5-7-9-14/h5-9,13,21H,10-12H2,1-4H3. The summed E-state index contributed by atoms with van der Waals surface area (Å²) in [4.78, 5) is 0. The molecule has 0 spiro atoms. The average molecular weight is 287 g/mol. The molecule has 2 rings (SSSR count). The van der Waals surface area contributed by atoms with Crippen LogP contribution < -0.4 is 0 Å². The Bertz CT molecular complexity index is 569. The lowest BCUT2D eigenvalue weighted by atomic mass is 9.84. The summed E-state index contributed by atoms with van der Waals surface area (Å²) in [5.74, 6) is 2.03. The van der Waals surface area contributed by atoms with Crippen molar-refractivity contribution in [3.8, 4) is 5.69 Å². The largest absolute Gasteiger partial charge is 0.388 e. The Morgan fingerprint density at radius 3 is 2.29 bits per heavy atom. The minimum Gasteiger partial charge on any atom is -0.388 e. The highest BCUT2D eigenvalue weighted by molar-refractivity contribution is 5.33. The highest BCUT2D eigenvalue weighted by Crippen LogP contribution is 2.26. The Labute approximate surface area is 126 Å². The first-order valence-corrected chi connectivity index (χ1v) is 7.50. The molecule has 2 aromatic rings. The van der Waals surface area contributed by atoms with Crippen LogP contribution in [-0.2, 0) is 13.0 Å². The molecule has 0 aliphatic carbocycles. The molecule has 1 heterocycles. The van der Waals surface area contributed by atoms with Crippen LogP contribution in [0.15, 0.2) is 30.3 Å². The fourth-order valence-corrected chi connectivity index (χ4v) is 2.89. The molecule has 0 saturated carbocycles. The average Bonchev–Trinajstić information content (AvgIpc) is 2.80. The summed E-state index contributed by atoms with van der Waals surface area (Å²) in [6.07, 6.45) is 1.99. The van der Waals surface area contributed by atoms with E-state index >= 15 is 0 Å². The molecule has 4 heteroatoms. The second kappa shape index (κ2) is 6.39. The van der Waals surface area contributed by atoms with E-state index in [-0.39, 0.29) is 6.61 Å². The summed E-state index contributed by atoms with van der Waals surface area (Å²) >= 11 is 0. The summed E-state index contributed by atoms with van der Waals surface area (Å²) in [6.45, 7) is 8.91. The molecule has 114 valence electrons. The minimum atomic E-state index is -0.102. The van der Waals surface area contributed by atoms with E-state index in [1.165, 1.54) is 0 Å². The van der Waals surface area contributed by atoms with Gasteiger partial charge in [-0.3, -0.25) is 4.57 Å². The van der Waals surface area contributed by atoms with Crippen LogP contribution in [0.2, 0.25) is 0 Å². The van der Waals surface area contributed by atoms with Crippen LogP contribution >= 0.6 is 0 Å². The van der Waals surface area contributed by atoms with Crippen molar-refractivity contribution in [3.05, 3.63) is 42.0 Å². The first kappa shape index (κ1) is 15.7. The van der Waals surface area contributed by atoms with Crippen molar-refractivity contribution in [1.29, 1.82) is 0 Å². The minimum absolute atomic E-state index is 0.102. The van der Waals surface area contributed by atoms with Crippen LogP contribution in [0.3, 0.4) is 0 Å². The zero-order valence-electron chi connectivity index (χ0n) is 13.4. The maximum Gasteiger partial charge on any atom is 0.163 e. The van der Waals surface area contributed by atoms with E-state index in [2.05, 4.69) is 37.9 Å². The van der Waals surface area contributed by atoms with Crippen molar-refractivity contribution < 1.29 is 5.11 Å². The normalized spacial score (nSPS) is 13.4. The van der Waals surface area contributed by atoms with Gasteiger partial charge < -0.3 is 5.11 Å². The zero-order valence-corrected chi connectivity index (χ0v) is 13.4. The van der Waals surface area contributed by atoms with Crippen LogP contribution in [-0.4, -0.2) is 19.9 Å². The second-order valence-corrected chi connectivity index (χ2v) is 6.94. The van der Waals surface area contributed by atoms with Crippen LogP contribution in [0.4, 0.5) is 0 Å². The summed E-state index contributed by atoms with van der Waals surface area (Å²) in [7, 11) is 0. The Kier molecular flexibility index (Phi) is 4.78. The Hall–Kier alpha value is -1.68. The van der Waals surface area contributed by atoms with Gasteiger partial charge in [-0.05, 0) is 29.9 Å². The van der Waals surface area contributed by atoms with Gasteiger partial charge in [0.05, 0.1) is 0 Å². The molecule has 1 atom stereocenters. The number of hydrogen-bond donors (Lipinski definition) is 1. The molecule has 1 unspecified atom stereocenters. The summed E-state index contributed by atoms with van der Waals surface area (Å²) in [6, 6.07) is 9.98. The van der Waals surface area contributed by atoms with E-state index in [1.807, 2.05) is 34.9 Å². The lowest BCUT2D eigenvalue weighted by molar-refractivity contribution is 0.268. The Morgan fingerprint density at radius 2 is 1.71 bits per heavy atom. The predicted molar refractivity (Wildman–Crippen MR) is 84.2 cm³/mol. The van der Waals surface area contributed by atoms with Crippen LogP contribution in [0.25, 0.3) is 5.69 Å². The number of nitrogens with zero attached hydrogens (tertiary/aromatic N) is 3. The van der Waals surface area contributed by atoms with Gasteiger partial charge >= 0.3 is 0 Å². The third kappa shape index (κ3) is 4.14. The second-order valence-electron chi connectivity index (χ2n) is 6.94. The summed E-state index contributed by atoms with van der Waals surface area (Å²) in [5, 5.41) is 17.9. The van der Waals surface area contributed by atoms with Gasteiger partial charge in [0.25, 0.3) is 0 Å². The van der Waals surface area contributed by atoms with Crippen molar-refractivity contribution in [3.63, 3.8) is 0 Å². The predicted octanol–water partition coefficient (Wildman–Crippen LogP) is 3.37. The smallest absolute Gasteiger partial charge is 0.163 e. The maximum absolute atomic E-state index is 9.49. The first-order chi connectivity index (χ1) is 9.90. The molecule has 1 N–H and O–H groups in total. The highest BCUT2D eigenvalue weighted by atomic mass is 16.3. The molecule has 0 radical (unpaired) electrons. The van der Waals surface area contributed by atoms with E-state index < -0.39 is 0 Å². The van der Waals surface area contributed by atoms with Gasteiger partial charge in [-0.25, -0.2) is 0 Å². The fourth-order valence-electron chi connectivity index (χ4n) is 2.89. The SMILES string of the molecule is CC(Cc1nnc(CO)n1-c1ccccc1)CC(C)(C)C. The third-order valence-corrected chi connectivity index (χ3v) is 3.44. The molecule has 0 saturated heterocycles. The quantitative estimate of drug-likeness (QED) is 0.917. The van der Waals surface area contributed by atoms with E-state index in [9.17, 15) is 5.11 Å². The van der Waals surface area contributed by atoms with Crippen molar-refractivity contribution >= 4 is 0 Å². The van der Waals surface area contributed by atoms with E-state index in [0.29, 0.717) is 17.2 Å². The van der Waals surface area contributed by atoms with Crippen molar-refractivity contribution in [2.45, 2.75) is 47.1 Å². The number of rotatable bonds is 5. The monoisotopic (exact) mass is 287 g/mol. The van der Waals surface area contributed by atoms with Crippen molar-refractivity contribution in [2.24, 2.45) is 11.3 Å². The number of hydrogen-bond acceptors (Lipinski definition) is 3. The van der Waals surface area contributed by atoms with Crippen LogP contribution in [0.5, 0.6) is 0 Å². The summed E-state index contributed by atoms with van der Waals surface area (Å²) in [5.41, 5.74) is 1.31. The van der Waals surface area contributed by atoms with E-state index in [1.54, 1.807) is 0 Å². The Balaban J connectivity index is 2.27. The first-order valence-electron chi connectivity index (χ1n) is 7.50. The van der Waals surface area contributed by atoms with Crippen molar-refractivity contribution in [1.82, 2.24) is 14.8 Å². The Morgan fingerprint density at radius 1 is 1.10 bits per heavy atom. The van der Waals surface area contributed by atoms with E-state index in [4.69, 9.17) is 0 Å².